The molecular formula is C14H15BrF3NO. The van der Waals surface area contributed by atoms with Crippen LogP contribution in [0.2, 0.25) is 0 Å². The number of hydrogen-bond donors (Lipinski definition) is 1. The third-order valence-electron chi connectivity index (χ3n) is 3.58. The smallest absolute Gasteiger partial charge is 0.349 e. The zero-order chi connectivity index (χ0) is 14.8. The topological polar surface area (TPSA) is 29.1 Å². The van der Waals surface area contributed by atoms with E-state index in [2.05, 4.69) is 21.2 Å². The highest BCUT2D eigenvalue weighted by Crippen LogP contribution is 2.37. The number of nitrogens with one attached hydrogen (secondary N) is 1. The minimum absolute atomic E-state index is 0.0221. The van der Waals surface area contributed by atoms with Crippen molar-refractivity contribution in [2.75, 3.05) is 0 Å². The monoisotopic (exact) mass is 349 g/mol. The van der Waals surface area contributed by atoms with E-state index in [0.29, 0.717) is 18.4 Å². The van der Waals surface area contributed by atoms with Crippen molar-refractivity contribution in [3.63, 3.8) is 0 Å². The van der Waals surface area contributed by atoms with Crippen molar-refractivity contribution in [3.05, 3.63) is 34.3 Å². The molecule has 1 aromatic carbocycles. The Hall–Kier alpha value is -1.04. The number of carbonyl (C=O) groups is 1. The minimum atomic E-state index is -4.17. The summed E-state index contributed by atoms with van der Waals surface area (Å²) in [5, 5.41) is 2.70. The second-order valence-corrected chi connectivity index (χ2v) is 6.00. The van der Waals surface area contributed by atoms with E-state index in [1.54, 1.807) is 24.3 Å². The van der Waals surface area contributed by atoms with Crippen LogP contribution in [0.15, 0.2) is 28.7 Å². The van der Waals surface area contributed by atoms with E-state index in [4.69, 9.17) is 0 Å². The summed E-state index contributed by atoms with van der Waals surface area (Å²) in [6, 6.07) is 6.35. The highest BCUT2D eigenvalue weighted by molar-refractivity contribution is 9.10. The molecule has 1 aliphatic rings. The van der Waals surface area contributed by atoms with Gasteiger partial charge in [-0.05, 0) is 43.5 Å². The summed E-state index contributed by atoms with van der Waals surface area (Å²) >= 11 is 3.27. The van der Waals surface area contributed by atoms with Crippen LogP contribution in [0.25, 0.3) is 0 Å². The maximum absolute atomic E-state index is 12.7. The molecule has 1 N–H and O–H groups in total. The molecule has 1 amide bonds. The van der Waals surface area contributed by atoms with E-state index in [9.17, 15) is 18.0 Å². The van der Waals surface area contributed by atoms with Gasteiger partial charge in [-0.1, -0.05) is 22.4 Å². The molecule has 20 heavy (non-hydrogen) atoms. The molecule has 2 nitrogen and oxygen atoms in total. The van der Waals surface area contributed by atoms with Crippen LogP contribution in [-0.4, -0.2) is 18.1 Å². The first-order valence-corrected chi connectivity index (χ1v) is 7.28. The summed E-state index contributed by atoms with van der Waals surface area (Å²) in [7, 11) is 0. The molecule has 1 aliphatic carbocycles. The second kappa shape index (κ2) is 6.16. The summed E-state index contributed by atoms with van der Waals surface area (Å²) in [6.45, 7) is 0. The standard InChI is InChI=1S/C14H15BrF3NO/c15-11-6-4-9(5-7-11)13(20)19-12-3-1-2-10(8-12)14(16,17)18/h4-7,10,12H,1-3,8H2,(H,19,20). The van der Waals surface area contributed by atoms with Gasteiger partial charge in [0, 0.05) is 16.1 Å². The second-order valence-electron chi connectivity index (χ2n) is 5.08. The highest BCUT2D eigenvalue weighted by Gasteiger charge is 2.42. The lowest BCUT2D eigenvalue weighted by molar-refractivity contribution is -0.183. The van der Waals surface area contributed by atoms with Gasteiger partial charge in [0.2, 0.25) is 0 Å². The lowest BCUT2D eigenvalue weighted by Crippen LogP contribution is -2.41. The van der Waals surface area contributed by atoms with Crippen LogP contribution < -0.4 is 5.32 Å². The zero-order valence-corrected chi connectivity index (χ0v) is 12.3. The Labute approximate surface area is 123 Å². The molecule has 2 rings (SSSR count). The lowest BCUT2D eigenvalue weighted by Gasteiger charge is -2.31. The van der Waals surface area contributed by atoms with Crippen LogP contribution in [0.4, 0.5) is 13.2 Å². The van der Waals surface area contributed by atoms with Gasteiger partial charge in [0.25, 0.3) is 5.91 Å². The molecule has 0 aliphatic heterocycles. The molecule has 2 unspecified atom stereocenters. The SMILES string of the molecule is O=C(NC1CCCC(C(F)(F)F)C1)c1ccc(Br)cc1. The Balaban J connectivity index is 1.96. The van der Waals surface area contributed by atoms with E-state index in [1.165, 1.54) is 0 Å². The number of rotatable bonds is 2. The fourth-order valence-corrected chi connectivity index (χ4v) is 2.75. The molecule has 0 bridgehead atoms. The van der Waals surface area contributed by atoms with Crippen molar-refractivity contribution >= 4 is 21.8 Å². The number of carbonyl (C=O) groups excluding carboxylic acids is 1. The van der Waals surface area contributed by atoms with Crippen LogP contribution in [0.5, 0.6) is 0 Å². The molecule has 110 valence electrons. The number of amides is 1. The molecule has 2 atom stereocenters. The predicted octanol–water partition coefficient (Wildman–Crippen LogP) is 4.30. The van der Waals surface area contributed by atoms with Gasteiger partial charge in [0.15, 0.2) is 0 Å². The van der Waals surface area contributed by atoms with Crippen LogP contribution in [-0.2, 0) is 0 Å². The van der Waals surface area contributed by atoms with E-state index < -0.39 is 18.1 Å². The van der Waals surface area contributed by atoms with Crippen molar-refractivity contribution in [2.24, 2.45) is 5.92 Å². The fraction of sp³-hybridized carbons (Fsp3) is 0.500. The molecule has 0 aromatic heterocycles. The Morgan fingerprint density at radius 1 is 1.20 bits per heavy atom. The molecule has 1 saturated carbocycles. The van der Waals surface area contributed by atoms with E-state index in [-0.39, 0.29) is 18.7 Å². The van der Waals surface area contributed by atoms with Crippen LogP contribution in [0, 0.1) is 5.92 Å². The first-order valence-electron chi connectivity index (χ1n) is 6.49. The zero-order valence-electron chi connectivity index (χ0n) is 10.7. The largest absolute Gasteiger partial charge is 0.391 e. The molecule has 1 aromatic rings. The predicted molar refractivity (Wildman–Crippen MR) is 73.4 cm³/mol. The van der Waals surface area contributed by atoms with E-state index >= 15 is 0 Å². The quantitative estimate of drug-likeness (QED) is 0.847. The summed E-state index contributed by atoms with van der Waals surface area (Å²) in [5.74, 6) is -1.61. The summed E-state index contributed by atoms with van der Waals surface area (Å²) in [4.78, 5) is 12.0. The normalized spacial score (nSPS) is 23.4. The molecule has 1 fully saturated rings. The molecule has 6 heteroatoms. The van der Waals surface area contributed by atoms with Crippen LogP contribution >= 0.6 is 15.9 Å². The van der Waals surface area contributed by atoms with Gasteiger partial charge in [0.1, 0.15) is 0 Å². The number of alkyl halides is 3. The van der Waals surface area contributed by atoms with Crippen molar-refractivity contribution in [1.82, 2.24) is 5.32 Å². The number of halogens is 4. The number of hydrogen-bond acceptors (Lipinski definition) is 1. The highest BCUT2D eigenvalue weighted by atomic mass is 79.9. The maximum atomic E-state index is 12.7. The third-order valence-corrected chi connectivity index (χ3v) is 4.11. The number of benzene rings is 1. The van der Waals surface area contributed by atoms with Gasteiger partial charge in [-0.2, -0.15) is 13.2 Å². The summed E-state index contributed by atoms with van der Waals surface area (Å²) in [5.41, 5.74) is 0.460. The van der Waals surface area contributed by atoms with Crippen molar-refractivity contribution in [3.8, 4) is 0 Å². The Morgan fingerprint density at radius 3 is 2.45 bits per heavy atom. The van der Waals surface area contributed by atoms with Gasteiger partial charge in [-0.25, -0.2) is 0 Å². The average Bonchev–Trinajstić information content (AvgIpc) is 2.38. The fourth-order valence-electron chi connectivity index (χ4n) is 2.49. The minimum Gasteiger partial charge on any atom is -0.349 e. The Kier molecular flexibility index (Phi) is 4.73. The third kappa shape index (κ3) is 3.98. The summed E-state index contributed by atoms with van der Waals surface area (Å²) < 4.78 is 39.0. The van der Waals surface area contributed by atoms with Crippen LogP contribution in [0.3, 0.4) is 0 Å². The van der Waals surface area contributed by atoms with Gasteiger partial charge in [0.05, 0.1) is 5.92 Å². The molecule has 0 spiro atoms. The van der Waals surface area contributed by atoms with E-state index in [0.717, 1.165) is 4.47 Å². The van der Waals surface area contributed by atoms with Crippen molar-refractivity contribution in [1.29, 1.82) is 0 Å². The molecule has 0 saturated heterocycles. The van der Waals surface area contributed by atoms with Gasteiger partial charge in [-0.15, -0.1) is 0 Å². The maximum Gasteiger partial charge on any atom is 0.391 e. The first kappa shape index (κ1) is 15.4. The van der Waals surface area contributed by atoms with E-state index in [1.807, 2.05) is 0 Å². The van der Waals surface area contributed by atoms with Crippen LogP contribution in [0.1, 0.15) is 36.0 Å². The first-order chi connectivity index (χ1) is 9.36. The molecule has 0 heterocycles. The van der Waals surface area contributed by atoms with Crippen molar-refractivity contribution in [2.45, 2.75) is 37.9 Å². The Morgan fingerprint density at radius 2 is 1.85 bits per heavy atom. The summed E-state index contributed by atoms with van der Waals surface area (Å²) in [6.07, 6.45) is -2.93. The average molecular weight is 350 g/mol. The van der Waals surface area contributed by atoms with Gasteiger partial charge >= 0.3 is 6.18 Å². The van der Waals surface area contributed by atoms with Crippen molar-refractivity contribution < 1.29 is 18.0 Å². The molecular weight excluding hydrogens is 335 g/mol. The van der Waals surface area contributed by atoms with Gasteiger partial charge < -0.3 is 5.32 Å². The Bertz CT molecular complexity index is 472. The molecule has 0 radical (unpaired) electrons. The lowest BCUT2D eigenvalue weighted by atomic mass is 9.85. The van der Waals surface area contributed by atoms with Gasteiger partial charge in [-0.3, -0.25) is 4.79 Å².